The normalized spacial score (nSPS) is 12.3. The third kappa shape index (κ3) is 15.6. The molecule has 3 heteroatoms. The second-order valence-electron chi connectivity index (χ2n) is 5.80. The molecule has 0 aliphatic rings. The van der Waals surface area contributed by atoms with Crippen LogP contribution in [0.5, 0.6) is 0 Å². The van der Waals surface area contributed by atoms with Crippen molar-refractivity contribution in [2.45, 2.75) is 104 Å². The van der Waals surface area contributed by atoms with Gasteiger partial charge in [0.1, 0.15) is 0 Å². The van der Waals surface area contributed by atoms with Crippen LogP contribution in [0.1, 0.15) is 97.3 Å². The van der Waals surface area contributed by atoms with Gasteiger partial charge in [0.25, 0.3) is 0 Å². The van der Waals surface area contributed by atoms with Gasteiger partial charge < -0.3 is 9.47 Å². The second-order valence-corrected chi connectivity index (χ2v) is 5.80. The number of carbonyl (C=O) groups excluding carboxylic acids is 1. The summed E-state index contributed by atoms with van der Waals surface area (Å²) >= 11 is 0. The molecule has 125 valence electrons. The van der Waals surface area contributed by atoms with Gasteiger partial charge >= 0.3 is 6.47 Å². The molecule has 1 atom stereocenters. The summed E-state index contributed by atoms with van der Waals surface area (Å²) in [7, 11) is 0. The minimum Gasteiger partial charge on any atom is -0.427 e. The average molecular weight is 299 g/mol. The molecule has 0 heterocycles. The van der Waals surface area contributed by atoms with Crippen molar-refractivity contribution in [2.75, 3.05) is 6.61 Å². The van der Waals surface area contributed by atoms with E-state index in [1.807, 2.05) is 6.92 Å². The Balaban J connectivity index is 3.10. The van der Waals surface area contributed by atoms with Crippen LogP contribution in [0.3, 0.4) is 0 Å². The maximum Gasteiger partial charge on any atom is 0.419 e. The van der Waals surface area contributed by atoms with E-state index in [9.17, 15) is 4.79 Å². The van der Waals surface area contributed by atoms with E-state index in [0.29, 0.717) is 13.0 Å². The van der Waals surface area contributed by atoms with Gasteiger partial charge in [-0.3, -0.25) is 0 Å². The molecule has 3 nitrogen and oxygen atoms in total. The highest BCUT2D eigenvalue weighted by atomic mass is 16.7. The summed E-state index contributed by atoms with van der Waals surface area (Å²) < 4.78 is 10.1. The molecular weight excluding hydrogens is 264 g/mol. The van der Waals surface area contributed by atoms with Crippen molar-refractivity contribution >= 4 is 6.47 Å². The molecule has 0 N–H and O–H groups in total. The number of ether oxygens (including phenoxy) is 2. The second kappa shape index (κ2) is 17.5. The molecule has 0 saturated carbocycles. The quantitative estimate of drug-likeness (QED) is 0.262. The first-order valence-corrected chi connectivity index (χ1v) is 8.99. The van der Waals surface area contributed by atoms with Crippen molar-refractivity contribution < 1.29 is 14.3 Å². The van der Waals surface area contributed by atoms with Crippen LogP contribution in [-0.2, 0) is 14.3 Å². The van der Waals surface area contributed by atoms with E-state index in [4.69, 9.17) is 4.74 Å². The highest BCUT2D eigenvalue weighted by molar-refractivity contribution is 5.38. The summed E-state index contributed by atoms with van der Waals surface area (Å²) in [5, 5.41) is 0. The van der Waals surface area contributed by atoms with Gasteiger partial charge in [0, 0.05) is 6.42 Å². The lowest BCUT2D eigenvalue weighted by molar-refractivity contribution is -0.0914. The molecule has 1 radical (unpaired) electrons. The predicted molar refractivity (Wildman–Crippen MR) is 87.9 cm³/mol. The number of hydrogen-bond acceptors (Lipinski definition) is 3. The maximum atomic E-state index is 10.1. The van der Waals surface area contributed by atoms with Crippen LogP contribution in [0.4, 0.5) is 0 Å². The first-order valence-electron chi connectivity index (χ1n) is 8.99. The SMILES string of the molecule is CCCCCCCCCCCCCCOC(CC)O[C]=O. The molecule has 0 aromatic rings. The van der Waals surface area contributed by atoms with Gasteiger partial charge in [0.2, 0.25) is 6.29 Å². The van der Waals surface area contributed by atoms with E-state index >= 15 is 0 Å². The lowest BCUT2D eigenvalue weighted by Gasteiger charge is -2.12. The maximum absolute atomic E-state index is 10.1. The molecule has 0 rings (SSSR count). The molecule has 0 fully saturated rings. The van der Waals surface area contributed by atoms with Crippen molar-refractivity contribution in [2.24, 2.45) is 0 Å². The fourth-order valence-electron chi connectivity index (χ4n) is 2.45. The van der Waals surface area contributed by atoms with E-state index in [0.717, 1.165) is 6.42 Å². The summed E-state index contributed by atoms with van der Waals surface area (Å²) in [6.07, 6.45) is 16.3. The van der Waals surface area contributed by atoms with Gasteiger partial charge in [-0.15, -0.1) is 0 Å². The highest BCUT2D eigenvalue weighted by Gasteiger charge is 2.05. The first kappa shape index (κ1) is 20.4. The van der Waals surface area contributed by atoms with Gasteiger partial charge in [0.15, 0.2) is 0 Å². The van der Waals surface area contributed by atoms with E-state index in [-0.39, 0.29) is 0 Å². The first-order chi connectivity index (χ1) is 10.3. The molecule has 0 aliphatic heterocycles. The van der Waals surface area contributed by atoms with Gasteiger partial charge in [-0.1, -0.05) is 84.5 Å². The number of unbranched alkanes of at least 4 members (excludes halogenated alkanes) is 11. The largest absolute Gasteiger partial charge is 0.427 e. The predicted octanol–water partition coefficient (Wildman–Crippen LogP) is 5.52. The minimum absolute atomic E-state index is 0.407. The van der Waals surface area contributed by atoms with Crippen molar-refractivity contribution in [3.8, 4) is 0 Å². The van der Waals surface area contributed by atoms with Crippen molar-refractivity contribution in [3.05, 3.63) is 0 Å². The van der Waals surface area contributed by atoms with E-state index < -0.39 is 6.29 Å². The molecule has 0 saturated heterocycles. The summed E-state index contributed by atoms with van der Waals surface area (Å²) in [5.74, 6) is 0. The summed E-state index contributed by atoms with van der Waals surface area (Å²) in [6.45, 7) is 6.32. The fourth-order valence-corrected chi connectivity index (χ4v) is 2.45. The molecule has 0 bridgehead atoms. The van der Waals surface area contributed by atoms with Crippen LogP contribution in [0.15, 0.2) is 0 Å². The Hall–Kier alpha value is -0.570. The molecule has 0 aromatic heterocycles. The lowest BCUT2D eigenvalue weighted by atomic mass is 10.1. The van der Waals surface area contributed by atoms with Gasteiger partial charge in [-0.05, 0) is 6.42 Å². The Labute approximate surface area is 131 Å². The van der Waals surface area contributed by atoms with Gasteiger partial charge in [-0.25, -0.2) is 4.79 Å². The van der Waals surface area contributed by atoms with Crippen LogP contribution in [-0.4, -0.2) is 19.4 Å². The lowest BCUT2D eigenvalue weighted by Crippen LogP contribution is -2.15. The minimum atomic E-state index is -0.407. The average Bonchev–Trinajstić information content (AvgIpc) is 2.50. The molecular formula is C18H35O3. The topological polar surface area (TPSA) is 35.5 Å². The van der Waals surface area contributed by atoms with Crippen LogP contribution in [0.2, 0.25) is 0 Å². The van der Waals surface area contributed by atoms with Crippen LogP contribution in [0.25, 0.3) is 0 Å². The number of rotatable bonds is 17. The Kier molecular flexibility index (Phi) is 17.0. The monoisotopic (exact) mass is 299 g/mol. The van der Waals surface area contributed by atoms with Crippen LogP contribution in [0, 0.1) is 0 Å². The molecule has 0 aliphatic carbocycles. The molecule has 0 aromatic carbocycles. The molecule has 1 unspecified atom stereocenters. The summed E-state index contributed by atoms with van der Waals surface area (Å²) in [4.78, 5) is 10.1. The highest BCUT2D eigenvalue weighted by Crippen LogP contribution is 2.12. The molecule has 21 heavy (non-hydrogen) atoms. The van der Waals surface area contributed by atoms with Crippen LogP contribution >= 0.6 is 0 Å². The Morgan fingerprint density at radius 1 is 0.762 bits per heavy atom. The standard InChI is InChI=1S/C18H35O3/c1-3-5-6-7-8-9-10-11-12-13-14-15-16-20-18(4-2)21-17-19/h18H,3-16H2,1-2H3. The van der Waals surface area contributed by atoms with Gasteiger partial charge in [-0.2, -0.15) is 0 Å². The Morgan fingerprint density at radius 2 is 1.24 bits per heavy atom. The molecule has 0 amide bonds. The van der Waals surface area contributed by atoms with E-state index in [2.05, 4.69) is 11.7 Å². The molecule has 0 spiro atoms. The Morgan fingerprint density at radius 3 is 1.67 bits per heavy atom. The number of hydrogen-bond donors (Lipinski definition) is 0. The van der Waals surface area contributed by atoms with E-state index in [1.54, 1.807) is 0 Å². The summed E-state index contributed by atoms with van der Waals surface area (Å²) in [6, 6.07) is 0. The van der Waals surface area contributed by atoms with Crippen LogP contribution < -0.4 is 0 Å². The smallest absolute Gasteiger partial charge is 0.419 e. The third-order valence-electron chi connectivity index (χ3n) is 3.81. The third-order valence-corrected chi connectivity index (χ3v) is 3.81. The zero-order valence-corrected chi connectivity index (χ0v) is 14.2. The van der Waals surface area contributed by atoms with Crippen molar-refractivity contribution in [3.63, 3.8) is 0 Å². The zero-order chi connectivity index (χ0) is 15.6. The zero-order valence-electron chi connectivity index (χ0n) is 14.2. The van der Waals surface area contributed by atoms with Gasteiger partial charge in [0.05, 0.1) is 6.61 Å². The Bertz CT molecular complexity index is 207. The van der Waals surface area contributed by atoms with Crippen molar-refractivity contribution in [1.82, 2.24) is 0 Å². The van der Waals surface area contributed by atoms with E-state index in [1.165, 1.54) is 77.1 Å². The summed E-state index contributed by atoms with van der Waals surface area (Å²) in [5.41, 5.74) is 0. The van der Waals surface area contributed by atoms with Crippen molar-refractivity contribution in [1.29, 1.82) is 0 Å². The fraction of sp³-hybridized carbons (Fsp3) is 0.944.